The fraction of sp³-hybridized carbons (Fsp3) is 0.208. The second kappa shape index (κ2) is 9.74. The number of rotatable bonds is 8. The van der Waals surface area contributed by atoms with Crippen molar-refractivity contribution in [2.75, 3.05) is 11.4 Å². The Labute approximate surface area is 195 Å². The van der Waals surface area contributed by atoms with Crippen molar-refractivity contribution in [2.24, 2.45) is 0 Å². The lowest BCUT2D eigenvalue weighted by Crippen LogP contribution is -2.30. The van der Waals surface area contributed by atoms with E-state index in [2.05, 4.69) is 11.1 Å². The highest BCUT2D eigenvalue weighted by molar-refractivity contribution is 7.22. The number of aromatic nitrogens is 3. The molecule has 2 aromatic carbocycles. The van der Waals surface area contributed by atoms with Crippen LogP contribution in [0.3, 0.4) is 0 Å². The molecule has 1 amide bonds. The van der Waals surface area contributed by atoms with Crippen LogP contribution in [-0.4, -0.2) is 31.9 Å². The minimum Gasteiger partial charge on any atom is -0.337 e. The zero-order chi connectivity index (χ0) is 23.4. The van der Waals surface area contributed by atoms with Crippen molar-refractivity contribution in [3.05, 3.63) is 88.0 Å². The Bertz CT molecular complexity index is 1270. The van der Waals surface area contributed by atoms with Crippen LogP contribution >= 0.6 is 11.3 Å². The summed E-state index contributed by atoms with van der Waals surface area (Å²) in [4.78, 5) is 34.2. The number of aryl methyl sites for hydroxylation is 3. The number of nitro benzene ring substituents is 1. The third-order valence-electron chi connectivity index (χ3n) is 5.31. The van der Waals surface area contributed by atoms with Crippen molar-refractivity contribution in [3.8, 4) is 0 Å². The lowest BCUT2D eigenvalue weighted by molar-refractivity contribution is -0.384. The number of amides is 1. The molecule has 0 aliphatic rings. The Hall–Kier alpha value is -3.85. The minimum absolute atomic E-state index is 0.0137. The summed E-state index contributed by atoms with van der Waals surface area (Å²) in [6.45, 7) is 5.30. The molecule has 0 N–H and O–H groups in total. The van der Waals surface area contributed by atoms with Crippen LogP contribution in [0.25, 0.3) is 16.3 Å². The van der Waals surface area contributed by atoms with Crippen LogP contribution in [0.2, 0.25) is 0 Å². The fourth-order valence-electron chi connectivity index (χ4n) is 3.46. The van der Waals surface area contributed by atoms with E-state index < -0.39 is 4.92 Å². The zero-order valence-electron chi connectivity index (χ0n) is 18.3. The van der Waals surface area contributed by atoms with E-state index in [1.54, 1.807) is 35.6 Å². The quantitative estimate of drug-likeness (QED) is 0.205. The van der Waals surface area contributed by atoms with Crippen LogP contribution in [0.5, 0.6) is 0 Å². The van der Waals surface area contributed by atoms with Crippen LogP contribution in [0, 0.1) is 24.0 Å². The van der Waals surface area contributed by atoms with E-state index in [4.69, 9.17) is 4.98 Å². The number of carbonyl (C=O) groups excluding carboxylic acids is 1. The Morgan fingerprint density at radius 3 is 2.61 bits per heavy atom. The molecule has 0 atom stereocenters. The van der Waals surface area contributed by atoms with Crippen LogP contribution in [0.15, 0.2) is 61.2 Å². The van der Waals surface area contributed by atoms with Gasteiger partial charge in [0.15, 0.2) is 5.13 Å². The summed E-state index contributed by atoms with van der Waals surface area (Å²) in [6.07, 6.45) is 9.27. The molecule has 168 valence electrons. The summed E-state index contributed by atoms with van der Waals surface area (Å²) in [5.41, 5.74) is 3.85. The zero-order valence-corrected chi connectivity index (χ0v) is 19.2. The fourth-order valence-corrected chi connectivity index (χ4v) is 4.60. The molecule has 2 aromatic heterocycles. The number of fused-ring (bicyclic) bond motifs is 1. The Balaban J connectivity index is 1.58. The average molecular weight is 462 g/mol. The SMILES string of the molecule is Cc1ccc(C)c2sc(N(CCCn3ccnc3)C(=O)/C=C/c3ccc([N+](=O)[O-])cc3)nc12. The molecular weight excluding hydrogens is 438 g/mol. The molecule has 0 saturated heterocycles. The topological polar surface area (TPSA) is 94.2 Å². The average Bonchev–Trinajstić information content (AvgIpc) is 3.49. The molecule has 0 fully saturated rings. The summed E-state index contributed by atoms with van der Waals surface area (Å²) >= 11 is 1.52. The van der Waals surface area contributed by atoms with Crippen LogP contribution < -0.4 is 4.90 Å². The highest BCUT2D eigenvalue weighted by Gasteiger charge is 2.19. The van der Waals surface area contributed by atoms with Gasteiger partial charge in [0.2, 0.25) is 0 Å². The maximum absolute atomic E-state index is 13.2. The number of non-ortho nitro benzene ring substituents is 1. The minimum atomic E-state index is -0.447. The molecule has 8 nitrogen and oxygen atoms in total. The summed E-state index contributed by atoms with van der Waals surface area (Å²) in [5, 5.41) is 11.5. The van der Waals surface area contributed by atoms with Gasteiger partial charge < -0.3 is 4.57 Å². The van der Waals surface area contributed by atoms with E-state index in [0.29, 0.717) is 17.2 Å². The smallest absolute Gasteiger partial charge is 0.269 e. The van der Waals surface area contributed by atoms with Crippen molar-refractivity contribution in [1.29, 1.82) is 0 Å². The summed E-state index contributed by atoms with van der Waals surface area (Å²) in [5.74, 6) is -0.187. The molecule has 33 heavy (non-hydrogen) atoms. The van der Waals surface area contributed by atoms with Gasteiger partial charge in [0.05, 0.1) is 21.5 Å². The van der Waals surface area contributed by atoms with E-state index in [1.165, 1.54) is 29.5 Å². The van der Waals surface area contributed by atoms with Crippen molar-refractivity contribution < 1.29 is 9.72 Å². The third-order valence-corrected chi connectivity index (χ3v) is 6.52. The van der Waals surface area contributed by atoms with Crippen molar-refractivity contribution in [1.82, 2.24) is 14.5 Å². The van der Waals surface area contributed by atoms with Gasteiger partial charge in [-0.25, -0.2) is 9.97 Å². The molecule has 0 saturated carbocycles. The predicted octanol–water partition coefficient (Wildman–Crippen LogP) is 5.15. The second-order valence-electron chi connectivity index (χ2n) is 7.70. The van der Waals surface area contributed by atoms with E-state index >= 15 is 0 Å². The highest BCUT2D eigenvalue weighted by atomic mass is 32.1. The van der Waals surface area contributed by atoms with E-state index in [9.17, 15) is 14.9 Å². The third kappa shape index (κ3) is 5.15. The normalized spacial score (nSPS) is 11.3. The lowest BCUT2D eigenvalue weighted by atomic mass is 10.1. The molecule has 2 heterocycles. The Morgan fingerprint density at radius 1 is 1.18 bits per heavy atom. The first kappa shape index (κ1) is 22.3. The maximum atomic E-state index is 13.2. The number of nitro groups is 1. The summed E-state index contributed by atoms with van der Waals surface area (Å²) < 4.78 is 3.05. The molecular formula is C24H23N5O3S. The number of benzene rings is 2. The number of hydrogen-bond acceptors (Lipinski definition) is 6. The first-order valence-electron chi connectivity index (χ1n) is 10.5. The number of thiazole rings is 1. The largest absolute Gasteiger partial charge is 0.337 e. The van der Waals surface area contributed by atoms with Crippen LogP contribution in [0.1, 0.15) is 23.1 Å². The summed E-state index contributed by atoms with van der Waals surface area (Å²) in [7, 11) is 0. The molecule has 0 bridgehead atoms. The molecule has 4 rings (SSSR count). The van der Waals surface area contributed by atoms with Gasteiger partial charge in [0.25, 0.3) is 11.6 Å². The molecule has 0 radical (unpaired) electrons. The predicted molar refractivity (Wildman–Crippen MR) is 130 cm³/mol. The first-order chi connectivity index (χ1) is 15.9. The van der Waals surface area contributed by atoms with Gasteiger partial charge in [-0.1, -0.05) is 23.5 Å². The lowest BCUT2D eigenvalue weighted by Gasteiger charge is -2.18. The first-order valence-corrected chi connectivity index (χ1v) is 11.3. The standard InChI is InChI=1S/C24H23N5O3S/c1-17-4-5-18(2)23-22(17)26-24(33-23)28(14-3-13-27-15-12-25-16-27)21(30)11-8-19-6-9-20(10-7-19)29(31)32/h4-12,15-16H,3,13-14H2,1-2H3/b11-8+. The summed E-state index contributed by atoms with van der Waals surface area (Å²) in [6, 6.07) is 10.2. The molecule has 4 aromatic rings. The van der Waals surface area contributed by atoms with Gasteiger partial charge in [0.1, 0.15) is 0 Å². The molecule has 0 aliphatic heterocycles. The number of anilines is 1. The second-order valence-corrected chi connectivity index (χ2v) is 8.68. The van der Waals surface area contributed by atoms with Crippen LogP contribution in [-0.2, 0) is 11.3 Å². The molecule has 0 aliphatic carbocycles. The van der Waals surface area contributed by atoms with Crippen molar-refractivity contribution >= 4 is 44.4 Å². The van der Waals surface area contributed by atoms with Gasteiger partial charge in [0, 0.05) is 43.7 Å². The number of nitrogens with zero attached hydrogens (tertiary/aromatic N) is 5. The molecule has 0 unspecified atom stereocenters. The number of hydrogen-bond donors (Lipinski definition) is 0. The monoisotopic (exact) mass is 461 g/mol. The maximum Gasteiger partial charge on any atom is 0.269 e. The van der Waals surface area contributed by atoms with Gasteiger partial charge in [-0.15, -0.1) is 0 Å². The van der Waals surface area contributed by atoms with E-state index in [-0.39, 0.29) is 11.6 Å². The highest BCUT2D eigenvalue weighted by Crippen LogP contribution is 2.33. The number of carbonyl (C=O) groups is 1. The van der Waals surface area contributed by atoms with Gasteiger partial charge in [-0.3, -0.25) is 19.8 Å². The van der Waals surface area contributed by atoms with Crippen molar-refractivity contribution in [2.45, 2.75) is 26.8 Å². The number of imidazole rings is 1. The Morgan fingerprint density at radius 2 is 1.94 bits per heavy atom. The molecule has 9 heteroatoms. The van der Waals surface area contributed by atoms with Gasteiger partial charge in [-0.2, -0.15) is 0 Å². The Kier molecular flexibility index (Phi) is 6.60. The van der Waals surface area contributed by atoms with Gasteiger partial charge in [-0.05, 0) is 55.2 Å². The van der Waals surface area contributed by atoms with Crippen LogP contribution in [0.4, 0.5) is 10.8 Å². The van der Waals surface area contributed by atoms with Gasteiger partial charge >= 0.3 is 0 Å². The van der Waals surface area contributed by atoms with E-state index in [1.807, 2.05) is 30.7 Å². The van der Waals surface area contributed by atoms with E-state index in [0.717, 1.165) is 34.3 Å². The van der Waals surface area contributed by atoms with Crippen molar-refractivity contribution in [3.63, 3.8) is 0 Å². The molecule has 0 spiro atoms.